The number of amides is 1. The Morgan fingerprint density at radius 2 is 1.93 bits per heavy atom. The van der Waals surface area contributed by atoms with Gasteiger partial charge in [-0.1, -0.05) is 0 Å². The van der Waals surface area contributed by atoms with E-state index in [-0.39, 0.29) is 5.91 Å². The van der Waals surface area contributed by atoms with Crippen molar-refractivity contribution >= 4 is 23.5 Å². The van der Waals surface area contributed by atoms with Gasteiger partial charge in [-0.25, -0.2) is 4.98 Å². The van der Waals surface area contributed by atoms with Crippen molar-refractivity contribution in [3.63, 3.8) is 0 Å². The molecule has 142 valence electrons. The molecule has 3 rings (SSSR count). The fraction of sp³-hybridized carbons (Fsp3) is 0.333. The zero-order valence-electron chi connectivity index (χ0n) is 15.8. The number of pyridine rings is 1. The second-order valence-corrected chi connectivity index (χ2v) is 6.38. The summed E-state index contributed by atoms with van der Waals surface area (Å²) in [6.45, 7) is 2.14. The number of nitrogens with one attached hydrogen (secondary N) is 1. The Kier molecular flexibility index (Phi) is 6.30. The second-order valence-electron chi connectivity index (χ2n) is 6.38. The van der Waals surface area contributed by atoms with Crippen molar-refractivity contribution in [2.45, 2.75) is 19.3 Å². The maximum absolute atomic E-state index is 12.2. The van der Waals surface area contributed by atoms with E-state index in [9.17, 15) is 4.79 Å². The van der Waals surface area contributed by atoms with Crippen LogP contribution in [0, 0.1) is 0 Å². The summed E-state index contributed by atoms with van der Waals surface area (Å²) in [5, 5.41) is 2.78. The van der Waals surface area contributed by atoms with E-state index < -0.39 is 0 Å². The molecule has 1 aliphatic heterocycles. The van der Waals surface area contributed by atoms with Gasteiger partial charge < -0.3 is 19.7 Å². The molecule has 0 spiro atoms. The number of rotatable bonds is 6. The van der Waals surface area contributed by atoms with Gasteiger partial charge in [0.2, 0.25) is 5.91 Å². The molecule has 0 aliphatic carbocycles. The first kappa shape index (κ1) is 18.8. The third-order valence-electron chi connectivity index (χ3n) is 4.58. The molecule has 1 N–H and O–H groups in total. The molecule has 2 heterocycles. The maximum atomic E-state index is 12.2. The van der Waals surface area contributed by atoms with Gasteiger partial charge in [0, 0.05) is 30.8 Å². The van der Waals surface area contributed by atoms with Crippen LogP contribution in [-0.2, 0) is 4.79 Å². The predicted octanol–water partition coefficient (Wildman–Crippen LogP) is 3.74. The lowest BCUT2D eigenvalue weighted by Gasteiger charge is -2.28. The summed E-state index contributed by atoms with van der Waals surface area (Å²) >= 11 is 0. The largest absolute Gasteiger partial charge is 0.497 e. The molecule has 27 heavy (non-hydrogen) atoms. The summed E-state index contributed by atoms with van der Waals surface area (Å²) < 4.78 is 10.5. The van der Waals surface area contributed by atoms with Gasteiger partial charge in [-0.05, 0) is 49.6 Å². The van der Waals surface area contributed by atoms with E-state index in [2.05, 4.69) is 15.2 Å². The Labute approximate surface area is 159 Å². The summed E-state index contributed by atoms with van der Waals surface area (Å²) in [5.41, 5.74) is 1.90. The van der Waals surface area contributed by atoms with Crippen LogP contribution in [0.3, 0.4) is 0 Å². The Balaban J connectivity index is 1.61. The highest BCUT2D eigenvalue weighted by atomic mass is 16.5. The van der Waals surface area contributed by atoms with Crippen molar-refractivity contribution < 1.29 is 14.3 Å². The molecular weight excluding hydrogens is 342 g/mol. The Morgan fingerprint density at radius 3 is 2.59 bits per heavy atom. The second kappa shape index (κ2) is 9.07. The summed E-state index contributed by atoms with van der Waals surface area (Å²) in [5.74, 6) is 1.63. The van der Waals surface area contributed by atoms with Gasteiger partial charge in [0.1, 0.15) is 17.3 Å². The molecule has 1 aliphatic rings. The quantitative estimate of drug-likeness (QED) is 0.788. The minimum absolute atomic E-state index is 0.244. The van der Waals surface area contributed by atoms with Gasteiger partial charge in [0.25, 0.3) is 0 Å². The van der Waals surface area contributed by atoms with Crippen LogP contribution < -0.4 is 19.7 Å². The molecule has 1 amide bonds. The van der Waals surface area contributed by atoms with Gasteiger partial charge >= 0.3 is 0 Å². The van der Waals surface area contributed by atoms with Crippen LogP contribution in [0.5, 0.6) is 11.5 Å². The number of nitrogens with zero attached hydrogens (tertiary/aromatic N) is 2. The van der Waals surface area contributed by atoms with Crippen molar-refractivity contribution in [2.24, 2.45) is 0 Å². The third-order valence-corrected chi connectivity index (χ3v) is 4.58. The molecule has 6 heteroatoms. The van der Waals surface area contributed by atoms with E-state index in [0.29, 0.717) is 17.3 Å². The molecule has 0 saturated carbocycles. The normalized spacial score (nSPS) is 14.2. The number of hydrogen-bond donors (Lipinski definition) is 1. The van der Waals surface area contributed by atoms with Crippen LogP contribution in [-0.4, -0.2) is 38.2 Å². The highest BCUT2D eigenvalue weighted by molar-refractivity contribution is 6.01. The van der Waals surface area contributed by atoms with Gasteiger partial charge in [0.15, 0.2) is 0 Å². The Hall–Kier alpha value is -3.02. The maximum Gasteiger partial charge on any atom is 0.249 e. The van der Waals surface area contributed by atoms with Crippen molar-refractivity contribution in [1.82, 2.24) is 4.98 Å². The minimum atomic E-state index is -0.244. The highest BCUT2D eigenvalue weighted by Crippen LogP contribution is 2.25. The molecule has 0 bridgehead atoms. The van der Waals surface area contributed by atoms with Crippen molar-refractivity contribution in [2.75, 3.05) is 37.5 Å². The first-order chi connectivity index (χ1) is 13.2. The lowest BCUT2D eigenvalue weighted by molar-refractivity contribution is -0.111. The van der Waals surface area contributed by atoms with Gasteiger partial charge in [-0.2, -0.15) is 0 Å². The standard InChI is InChI=1S/C21H25N3O3/c1-26-18-9-6-16(19(14-18)27-2)7-11-21(25)23-20-10-8-17(15-22-20)24-12-4-3-5-13-24/h6-11,14-15H,3-5,12-13H2,1-2H3,(H,22,23,25). The molecule has 2 aromatic rings. The number of aromatic nitrogens is 1. The predicted molar refractivity (Wildman–Crippen MR) is 108 cm³/mol. The van der Waals surface area contributed by atoms with E-state index in [0.717, 1.165) is 24.3 Å². The summed E-state index contributed by atoms with van der Waals surface area (Å²) in [6, 6.07) is 9.28. The molecule has 0 radical (unpaired) electrons. The fourth-order valence-corrected chi connectivity index (χ4v) is 3.09. The third kappa shape index (κ3) is 5.00. The molecule has 1 saturated heterocycles. The molecule has 0 unspecified atom stereocenters. The topological polar surface area (TPSA) is 63.7 Å². The number of hydrogen-bond acceptors (Lipinski definition) is 5. The van der Waals surface area contributed by atoms with Crippen LogP contribution in [0.15, 0.2) is 42.6 Å². The molecule has 1 fully saturated rings. The summed E-state index contributed by atoms with van der Waals surface area (Å²) in [7, 11) is 3.18. The number of carbonyl (C=O) groups excluding carboxylic acids is 1. The first-order valence-electron chi connectivity index (χ1n) is 9.11. The van der Waals surface area contributed by atoms with Crippen LogP contribution in [0.2, 0.25) is 0 Å². The minimum Gasteiger partial charge on any atom is -0.497 e. The van der Waals surface area contributed by atoms with E-state index in [1.807, 2.05) is 30.5 Å². The van der Waals surface area contributed by atoms with Gasteiger partial charge in [-0.15, -0.1) is 0 Å². The van der Waals surface area contributed by atoms with Crippen LogP contribution >= 0.6 is 0 Å². The number of carbonyl (C=O) groups is 1. The first-order valence-corrected chi connectivity index (χ1v) is 9.11. The Bertz CT molecular complexity index is 797. The highest BCUT2D eigenvalue weighted by Gasteiger charge is 2.11. The number of piperidine rings is 1. The van der Waals surface area contributed by atoms with Gasteiger partial charge in [0.05, 0.1) is 26.1 Å². The number of anilines is 2. The van der Waals surface area contributed by atoms with Crippen molar-refractivity contribution in [1.29, 1.82) is 0 Å². The van der Waals surface area contributed by atoms with E-state index >= 15 is 0 Å². The van der Waals surface area contributed by atoms with E-state index in [1.165, 1.54) is 25.3 Å². The fourth-order valence-electron chi connectivity index (χ4n) is 3.09. The molecule has 1 aromatic carbocycles. The molecular formula is C21H25N3O3. The van der Waals surface area contributed by atoms with Crippen LogP contribution in [0.4, 0.5) is 11.5 Å². The van der Waals surface area contributed by atoms with E-state index in [4.69, 9.17) is 9.47 Å². The van der Waals surface area contributed by atoms with Crippen LogP contribution in [0.25, 0.3) is 6.08 Å². The number of ether oxygens (including phenoxy) is 2. The van der Waals surface area contributed by atoms with Gasteiger partial charge in [-0.3, -0.25) is 4.79 Å². The smallest absolute Gasteiger partial charge is 0.249 e. The Morgan fingerprint density at radius 1 is 1.11 bits per heavy atom. The average Bonchev–Trinajstić information content (AvgIpc) is 2.73. The zero-order chi connectivity index (χ0) is 19.1. The number of benzene rings is 1. The van der Waals surface area contributed by atoms with Crippen LogP contribution in [0.1, 0.15) is 24.8 Å². The lowest BCUT2D eigenvalue weighted by atomic mass is 10.1. The zero-order valence-corrected chi connectivity index (χ0v) is 15.8. The van der Waals surface area contributed by atoms with Crippen molar-refractivity contribution in [3.05, 3.63) is 48.2 Å². The molecule has 0 atom stereocenters. The molecule has 1 aromatic heterocycles. The lowest BCUT2D eigenvalue weighted by Crippen LogP contribution is -2.29. The molecule has 6 nitrogen and oxygen atoms in total. The SMILES string of the molecule is COc1ccc(C=CC(=O)Nc2ccc(N3CCCCC3)cn2)c(OC)c1. The average molecular weight is 367 g/mol. The summed E-state index contributed by atoms with van der Waals surface area (Å²) in [6.07, 6.45) is 8.72. The summed E-state index contributed by atoms with van der Waals surface area (Å²) in [4.78, 5) is 18.9. The van der Waals surface area contributed by atoms with E-state index in [1.54, 1.807) is 26.4 Å². The number of methoxy groups -OCH3 is 2. The monoisotopic (exact) mass is 367 g/mol. The van der Waals surface area contributed by atoms with Crippen molar-refractivity contribution in [3.8, 4) is 11.5 Å².